The molecule has 38 heavy (non-hydrogen) atoms. The van der Waals surface area contributed by atoms with Gasteiger partial charge in [-0.15, -0.1) is 0 Å². The molecule has 8 heteroatoms. The van der Waals surface area contributed by atoms with Gasteiger partial charge in [-0.25, -0.2) is 9.78 Å². The minimum absolute atomic E-state index is 0.000610. The Labute approximate surface area is 222 Å². The lowest BCUT2D eigenvalue weighted by Crippen LogP contribution is -2.33. The van der Waals surface area contributed by atoms with Crippen molar-refractivity contribution in [3.8, 4) is 11.1 Å². The van der Waals surface area contributed by atoms with Gasteiger partial charge in [0.1, 0.15) is 5.82 Å². The van der Waals surface area contributed by atoms with Crippen LogP contribution in [-0.2, 0) is 6.42 Å². The topological polar surface area (TPSA) is 81.7 Å². The van der Waals surface area contributed by atoms with Gasteiger partial charge < -0.3 is 15.1 Å². The molecule has 4 aromatic rings. The van der Waals surface area contributed by atoms with Crippen LogP contribution in [0, 0.1) is 0 Å². The third kappa shape index (κ3) is 5.64. The quantitative estimate of drug-likeness (QED) is 0.361. The second kappa shape index (κ2) is 11.1. The summed E-state index contributed by atoms with van der Waals surface area (Å²) in [5.74, 6) is 0.643. The van der Waals surface area contributed by atoms with Crippen LogP contribution in [0.4, 0.5) is 22.0 Å². The van der Waals surface area contributed by atoms with E-state index < -0.39 is 0 Å². The Balaban J connectivity index is 1.21. The average molecular weight is 507 g/mol. The largest absolute Gasteiger partial charge is 0.345 e. The summed E-state index contributed by atoms with van der Waals surface area (Å²) in [6, 6.07) is 23.5. The maximum Gasteiger partial charge on any atom is 0.324 e. The van der Waals surface area contributed by atoms with Gasteiger partial charge in [-0.1, -0.05) is 42.5 Å². The highest BCUT2D eigenvalue weighted by atomic mass is 16.2. The number of carbonyl (C=O) groups excluding carboxylic acids is 2. The lowest BCUT2D eigenvalue weighted by Gasteiger charge is -2.19. The number of hydrogen-bond donors (Lipinski definition) is 1. The molecule has 0 aliphatic carbocycles. The highest BCUT2D eigenvalue weighted by Gasteiger charge is 2.29. The van der Waals surface area contributed by atoms with E-state index in [1.165, 1.54) is 5.56 Å². The number of rotatable bonds is 8. The molecule has 1 aliphatic heterocycles. The monoisotopic (exact) mass is 506 g/mol. The minimum atomic E-state index is -0.0272. The third-order valence-electron chi connectivity index (χ3n) is 6.55. The highest BCUT2D eigenvalue weighted by molar-refractivity contribution is 5.95. The highest BCUT2D eigenvalue weighted by Crippen LogP contribution is 2.26. The SMILES string of the molecule is CN(C)C(=O)c1ccc(-c2ccc(Nc3cncc(N4CCN(CCc5ccccc5)C4=O)c3)nc2)cc1. The maximum absolute atomic E-state index is 13.0. The van der Waals surface area contributed by atoms with E-state index in [0.29, 0.717) is 31.0 Å². The fraction of sp³-hybridized carbons (Fsp3) is 0.200. The molecule has 3 amide bonds. The van der Waals surface area contributed by atoms with Gasteiger partial charge in [0.15, 0.2) is 0 Å². The van der Waals surface area contributed by atoms with Crippen molar-refractivity contribution in [3.63, 3.8) is 0 Å². The molecule has 0 bridgehead atoms. The fourth-order valence-corrected chi connectivity index (χ4v) is 4.43. The van der Waals surface area contributed by atoms with E-state index in [4.69, 9.17) is 0 Å². The molecule has 0 saturated carbocycles. The molecular formula is C30H30N6O2. The normalized spacial score (nSPS) is 13.1. The number of amides is 3. The van der Waals surface area contributed by atoms with Crippen molar-refractivity contribution in [2.24, 2.45) is 0 Å². The molecule has 5 rings (SSSR count). The zero-order valence-corrected chi connectivity index (χ0v) is 21.5. The Morgan fingerprint density at radius 2 is 1.68 bits per heavy atom. The van der Waals surface area contributed by atoms with E-state index in [2.05, 4.69) is 27.4 Å². The summed E-state index contributed by atoms with van der Waals surface area (Å²) < 4.78 is 0. The van der Waals surface area contributed by atoms with Gasteiger partial charge >= 0.3 is 6.03 Å². The van der Waals surface area contributed by atoms with Gasteiger partial charge in [0.05, 0.1) is 23.8 Å². The first-order valence-electron chi connectivity index (χ1n) is 12.6. The van der Waals surface area contributed by atoms with Crippen LogP contribution in [0.15, 0.2) is 91.4 Å². The first-order chi connectivity index (χ1) is 18.5. The number of urea groups is 1. The minimum Gasteiger partial charge on any atom is -0.345 e. The molecule has 0 atom stereocenters. The number of anilines is 3. The van der Waals surface area contributed by atoms with Crippen molar-refractivity contribution in [1.29, 1.82) is 0 Å². The summed E-state index contributed by atoms with van der Waals surface area (Å²) in [4.78, 5) is 39.2. The Bertz CT molecular complexity index is 1410. The van der Waals surface area contributed by atoms with Crippen molar-refractivity contribution in [2.45, 2.75) is 6.42 Å². The lowest BCUT2D eigenvalue weighted by atomic mass is 10.1. The Morgan fingerprint density at radius 1 is 0.921 bits per heavy atom. The predicted molar refractivity (Wildman–Crippen MR) is 150 cm³/mol. The maximum atomic E-state index is 13.0. The number of pyridine rings is 2. The predicted octanol–water partition coefficient (Wildman–Crippen LogP) is 5.07. The smallest absolute Gasteiger partial charge is 0.324 e. The van der Waals surface area contributed by atoms with Gasteiger partial charge in [0.25, 0.3) is 5.91 Å². The fourth-order valence-electron chi connectivity index (χ4n) is 4.43. The summed E-state index contributed by atoms with van der Waals surface area (Å²) >= 11 is 0. The van der Waals surface area contributed by atoms with Crippen LogP contribution in [0.5, 0.6) is 0 Å². The van der Waals surface area contributed by atoms with Gasteiger partial charge in [0, 0.05) is 51.1 Å². The number of nitrogens with zero attached hydrogens (tertiary/aromatic N) is 5. The molecule has 0 spiro atoms. The van der Waals surface area contributed by atoms with Crippen molar-refractivity contribution in [2.75, 3.05) is 43.9 Å². The van der Waals surface area contributed by atoms with Crippen LogP contribution in [0.2, 0.25) is 0 Å². The summed E-state index contributed by atoms with van der Waals surface area (Å²) in [5.41, 5.74) is 5.31. The zero-order valence-electron chi connectivity index (χ0n) is 21.5. The number of benzene rings is 2. The summed E-state index contributed by atoms with van der Waals surface area (Å²) in [6.45, 7) is 2.01. The van der Waals surface area contributed by atoms with Crippen molar-refractivity contribution in [3.05, 3.63) is 103 Å². The summed E-state index contributed by atoms with van der Waals surface area (Å²) in [5, 5.41) is 3.28. The van der Waals surface area contributed by atoms with Crippen LogP contribution in [0.25, 0.3) is 11.1 Å². The Kier molecular flexibility index (Phi) is 7.31. The van der Waals surface area contributed by atoms with E-state index in [9.17, 15) is 9.59 Å². The zero-order chi connectivity index (χ0) is 26.5. The first kappa shape index (κ1) is 25.0. The van der Waals surface area contributed by atoms with E-state index in [1.54, 1.807) is 42.5 Å². The second-order valence-electron chi connectivity index (χ2n) is 9.42. The molecule has 2 aromatic heterocycles. The summed E-state index contributed by atoms with van der Waals surface area (Å²) in [6.07, 6.45) is 6.05. The van der Waals surface area contributed by atoms with Crippen LogP contribution < -0.4 is 10.2 Å². The molecule has 192 valence electrons. The van der Waals surface area contributed by atoms with E-state index in [-0.39, 0.29) is 11.9 Å². The molecule has 0 radical (unpaired) electrons. The van der Waals surface area contributed by atoms with Crippen LogP contribution in [0.1, 0.15) is 15.9 Å². The first-order valence-corrected chi connectivity index (χ1v) is 12.6. The Hall–Kier alpha value is -4.72. The van der Waals surface area contributed by atoms with Crippen molar-refractivity contribution < 1.29 is 9.59 Å². The molecule has 1 saturated heterocycles. The average Bonchev–Trinajstić information content (AvgIpc) is 3.32. The van der Waals surface area contributed by atoms with Crippen molar-refractivity contribution >= 4 is 29.1 Å². The molecule has 1 aliphatic rings. The van der Waals surface area contributed by atoms with E-state index in [0.717, 1.165) is 28.9 Å². The molecule has 3 heterocycles. The summed E-state index contributed by atoms with van der Waals surface area (Å²) in [7, 11) is 3.48. The number of nitrogens with one attached hydrogen (secondary N) is 1. The Morgan fingerprint density at radius 3 is 2.39 bits per heavy atom. The van der Waals surface area contributed by atoms with E-state index >= 15 is 0 Å². The number of carbonyl (C=O) groups is 2. The van der Waals surface area contributed by atoms with Crippen LogP contribution in [-0.4, -0.2) is 65.4 Å². The van der Waals surface area contributed by atoms with Gasteiger partial charge in [0.2, 0.25) is 0 Å². The number of hydrogen-bond acceptors (Lipinski definition) is 5. The van der Waals surface area contributed by atoms with Gasteiger partial charge in [-0.3, -0.25) is 14.7 Å². The van der Waals surface area contributed by atoms with Crippen LogP contribution in [0.3, 0.4) is 0 Å². The lowest BCUT2D eigenvalue weighted by molar-refractivity contribution is 0.0827. The molecular weight excluding hydrogens is 476 g/mol. The van der Waals surface area contributed by atoms with Crippen LogP contribution >= 0.6 is 0 Å². The van der Waals surface area contributed by atoms with Gasteiger partial charge in [-0.05, 0) is 47.9 Å². The van der Waals surface area contributed by atoms with Crippen molar-refractivity contribution in [1.82, 2.24) is 19.8 Å². The van der Waals surface area contributed by atoms with Gasteiger partial charge in [-0.2, -0.15) is 0 Å². The van der Waals surface area contributed by atoms with E-state index in [1.807, 2.05) is 65.6 Å². The molecule has 2 aromatic carbocycles. The molecule has 1 fully saturated rings. The second-order valence-corrected chi connectivity index (χ2v) is 9.42. The third-order valence-corrected chi connectivity index (χ3v) is 6.55. The molecule has 8 nitrogen and oxygen atoms in total. The standard InChI is InChI=1S/C30H30N6O2/c1-34(2)29(37)24-10-8-23(9-11-24)25-12-13-28(32-19-25)33-26-18-27(21-31-20-26)36-17-16-35(30(36)38)15-14-22-6-4-3-5-7-22/h3-13,18-21H,14-17H2,1-2H3,(H,32,33). The molecule has 1 N–H and O–H groups in total. The molecule has 0 unspecified atom stereocenters. The number of aromatic nitrogens is 2.